The molecule has 27 heavy (non-hydrogen) atoms. The van der Waals surface area contributed by atoms with Gasteiger partial charge in [-0.2, -0.15) is 18.3 Å². The van der Waals surface area contributed by atoms with E-state index in [-0.39, 0.29) is 17.2 Å². The van der Waals surface area contributed by atoms with Crippen LogP contribution in [0.1, 0.15) is 44.0 Å². The number of halogens is 3. The second-order valence-corrected chi connectivity index (χ2v) is 11.8. The van der Waals surface area contributed by atoms with Gasteiger partial charge in [0.1, 0.15) is 5.56 Å². The standard InChI is InChI=1S/C16H26F3N3O4Si/c1-6-26-13(23)11-10-22(9-7-8-15(2,3)27(4,5)25)21-12(11)20-14(24)16(17,18)19/h10,25H,6-9H2,1-5H3,(H,20,21,24). The zero-order valence-electron chi connectivity index (χ0n) is 16.1. The molecule has 1 amide bonds. The van der Waals surface area contributed by atoms with Gasteiger partial charge in [0.15, 0.2) is 14.1 Å². The van der Waals surface area contributed by atoms with Crippen molar-refractivity contribution >= 4 is 26.0 Å². The van der Waals surface area contributed by atoms with Crippen LogP contribution in [0.4, 0.5) is 19.0 Å². The molecule has 0 bridgehead atoms. The van der Waals surface area contributed by atoms with E-state index in [4.69, 9.17) is 4.74 Å². The quantitative estimate of drug-likeness (QED) is 0.507. The van der Waals surface area contributed by atoms with E-state index in [9.17, 15) is 27.6 Å². The van der Waals surface area contributed by atoms with Crippen LogP contribution in [-0.2, 0) is 16.1 Å². The fraction of sp³-hybridized carbons (Fsp3) is 0.688. The van der Waals surface area contributed by atoms with Crippen LogP contribution in [-0.4, -0.2) is 47.6 Å². The molecule has 0 aromatic carbocycles. The van der Waals surface area contributed by atoms with Gasteiger partial charge >= 0.3 is 18.1 Å². The number of anilines is 1. The average molecular weight is 409 g/mol. The molecule has 0 aliphatic carbocycles. The molecule has 0 saturated carbocycles. The molecule has 7 nitrogen and oxygen atoms in total. The van der Waals surface area contributed by atoms with E-state index in [1.807, 2.05) is 26.9 Å². The van der Waals surface area contributed by atoms with Crippen molar-refractivity contribution in [2.45, 2.75) is 64.5 Å². The highest BCUT2D eigenvalue weighted by molar-refractivity contribution is 6.72. The highest BCUT2D eigenvalue weighted by Gasteiger charge is 2.40. The summed E-state index contributed by atoms with van der Waals surface area (Å²) >= 11 is 0. The van der Waals surface area contributed by atoms with E-state index in [0.717, 1.165) is 0 Å². The van der Waals surface area contributed by atoms with Gasteiger partial charge in [-0.1, -0.05) is 13.8 Å². The van der Waals surface area contributed by atoms with E-state index in [0.29, 0.717) is 19.4 Å². The number of carbonyl (C=O) groups is 2. The first kappa shape index (κ1) is 23.2. The third kappa shape index (κ3) is 6.35. The molecule has 1 aromatic heterocycles. The average Bonchev–Trinajstić information content (AvgIpc) is 2.88. The van der Waals surface area contributed by atoms with Crippen molar-refractivity contribution in [3.05, 3.63) is 11.8 Å². The van der Waals surface area contributed by atoms with Crippen LogP contribution in [0.2, 0.25) is 18.1 Å². The molecule has 1 rings (SSSR count). The summed E-state index contributed by atoms with van der Waals surface area (Å²) in [5.41, 5.74) is -0.245. The Morgan fingerprint density at radius 1 is 1.33 bits per heavy atom. The predicted molar refractivity (Wildman–Crippen MR) is 95.8 cm³/mol. The molecule has 0 aliphatic heterocycles. The molecule has 0 aliphatic rings. The summed E-state index contributed by atoms with van der Waals surface area (Å²) < 4.78 is 43.5. The number of carbonyl (C=O) groups excluding carboxylic acids is 2. The fourth-order valence-electron chi connectivity index (χ4n) is 2.15. The van der Waals surface area contributed by atoms with Crippen molar-refractivity contribution in [3.8, 4) is 0 Å². The van der Waals surface area contributed by atoms with Crippen LogP contribution < -0.4 is 5.32 Å². The number of amides is 1. The smallest absolute Gasteiger partial charge is 0.462 e. The number of nitrogens with zero attached hydrogens (tertiary/aromatic N) is 2. The van der Waals surface area contributed by atoms with Gasteiger partial charge in [-0.05, 0) is 37.9 Å². The minimum atomic E-state index is -5.10. The maximum absolute atomic E-state index is 12.5. The summed E-state index contributed by atoms with van der Waals surface area (Å²) in [5.74, 6) is -3.58. The molecule has 0 radical (unpaired) electrons. The molecule has 11 heteroatoms. The van der Waals surface area contributed by atoms with Gasteiger partial charge in [0, 0.05) is 12.7 Å². The van der Waals surface area contributed by atoms with Gasteiger partial charge in [-0.3, -0.25) is 9.48 Å². The molecule has 0 atom stereocenters. The lowest BCUT2D eigenvalue weighted by atomic mass is 10.1. The number of aromatic nitrogens is 2. The Morgan fingerprint density at radius 3 is 2.41 bits per heavy atom. The van der Waals surface area contributed by atoms with Crippen molar-refractivity contribution in [3.63, 3.8) is 0 Å². The Balaban J connectivity index is 2.94. The molecule has 2 N–H and O–H groups in total. The minimum absolute atomic E-state index is 0.0288. The van der Waals surface area contributed by atoms with Gasteiger partial charge in [0.25, 0.3) is 0 Å². The highest BCUT2D eigenvalue weighted by Crippen LogP contribution is 2.39. The van der Waals surface area contributed by atoms with Crippen molar-refractivity contribution in [2.24, 2.45) is 0 Å². The zero-order valence-corrected chi connectivity index (χ0v) is 17.1. The Labute approximate surface area is 157 Å². The largest absolute Gasteiger partial charge is 0.471 e. The Hall–Kier alpha value is -1.88. The maximum atomic E-state index is 12.5. The molecule has 0 unspecified atom stereocenters. The molecule has 0 saturated heterocycles. The molecule has 1 aromatic rings. The lowest BCUT2D eigenvalue weighted by Crippen LogP contribution is -2.39. The van der Waals surface area contributed by atoms with Crippen LogP contribution in [0.25, 0.3) is 0 Å². The van der Waals surface area contributed by atoms with Gasteiger partial charge < -0.3 is 14.8 Å². The minimum Gasteiger partial charge on any atom is -0.462 e. The first-order valence-corrected chi connectivity index (χ1v) is 11.5. The second kappa shape index (κ2) is 8.42. The van der Waals surface area contributed by atoms with E-state index in [2.05, 4.69) is 5.10 Å². The molecule has 0 spiro atoms. The number of hydrogen-bond acceptors (Lipinski definition) is 5. The second-order valence-electron chi connectivity index (χ2n) is 7.37. The lowest BCUT2D eigenvalue weighted by molar-refractivity contribution is -0.167. The van der Waals surface area contributed by atoms with Crippen molar-refractivity contribution in [1.29, 1.82) is 0 Å². The number of hydrogen-bond donors (Lipinski definition) is 2. The van der Waals surface area contributed by atoms with Gasteiger partial charge in [0.2, 0.25) is 0 Å². The molecule has 0 fully saturated rings. The van der Waals surface area contributed by atoms with Crippen molar-refractivity contribution in [2.75, 3.05) is 11.9 Å². The van der Waals surface area contributed by atoms with Gasteiger partial charge in [-0.15, -0.1) is 0 Å². The van der Waals surface area contributed by atoms with Crippen LogP contribution in [0.15, 0.2) is 6.20 Å². The molecular formula is C16H26F3N3O4Si. The normalized spacial score (nSPS) is 12.8. The maximum Gasteiger partial charge on any atom is 0.471 e. The summed E-state index contributed by atoms with van der Waals surface area (Å²) in [4.78, 5) is 33.4. The lowest BCUT2D eigenvalue weighted by Gasteiger charge is -2.35. The van der Waals surface area contributed by atoms with Crippen molar-refractivity contribution < 1.29 is 32.3 Å². The third-order valence-corrected chi connectivity index (χ3v) is 8.15. The topological polar surface area (TPSA) is 93.4 Å². The third-order valence-electron chi connectivity index (χ3n) is 4.59. The van der Waals surface area contributed by atoms with E-state index < -0.39 is 32.2 Å². The van der Waals surface area contributed by atoms with Gasteiger partial charge in [-0.25, -0.2) is 4.79 Å². The predicted octanol–water partition coefficient (Wildman–Crippen LogP) is 3.32. The number of ether oxygens (including phenoxy) is 1. The fourth-order valence-corrected chi connectivity index (χ4v) is 2.94. The van der Waals surface area contributed by atoms with Crippen LogP contribution in [0, 0.1) is 0 Å². The Bertz CT molecular complexity index is 681. The molecule has 1 heterocycles. The number of rotatable bonds is 8. The molecular weight excluding hydrogens is 383 g/mol. The van der Waals surface area contributed by atoms with Crippen molar-refractivity contribution in [1.82, 2.24) is 9.78 Å². The molecule has 154 valence electrons. The summed E-state index contributed by atoms with van der Waals surface area (Å²) in [6, 6.07) is 0. The van der Waals surface area contributed by atoms with Gasteiger partial charge in [0.05, 0.1) is 6.61 Å². The van der Waals surface area contributed by atoms with E-state index >= 15 is 0 Å². The Kier molecular flexibility index (Phi) is 7.22. The Morgan fingerprint density at radius 2 is 1.93 bits per heavy atom. The summed E-state index contributed by atoms with van der Waals surface area (Å²) in [7, 11) is -2.39. The number of esters is 1. The van der Waals surface area contributed by atoms with Crippen LogP contribution in [0.3, 0.4) is 0 Å². The number of alkyl halides is 3. The highest BCUT2D eigenvalue weighted by atomic mass is 28.4. The first-order chi connectivity index (χ1) is 12.2. The SMILES string of the molecule is CCOC(=O)c1cn(CCCC(C)(C)[Si](C)(C)O)nc1NC(=O)C(F)(F)F. The van der Waals surface area contributed by atoms with Crippen LogP contribution in [0.5, 0.6) is 0 Å². The number of aryl methyl sites for hydroxylation is 1. The summed E-state index contributed by atoms with van der Waals surface area (Å²) in [5, 5.41) is 5.23. The monoisotopic (exact) mass is 409 g/mol. The number of nitrogens with one attached hydrogen (secondary N) is 1. The summed E-state index contributed by atoms with van der Waals surface area (Å²) in [6.07, 6.45) is -2.60. The van der Waals surface area contributed by atoms with E-state index in [1.54, 1.807) is 12.2 Å². The van der Waals surface area contributed by atoms with E-state index in [1.165, 1.54) is 10.9 Å². The summed E-state index contributed by atoms with van der Waals surface area (Å²) in [6.45, 7) is 9.49. The van der Waals surface area contributed by atoms with Crippen LogP contribution >= 0.6 is 0 Å². The zero-order chi connectivity index (χ0) is 21.0. The first-order valence-electron chi connectivity index (χ1n) is 8.54.